The average molecular weight is 241 g/mol. The van der Waals surface area contributed by atoms with Crippen molar-refractivity contribution in [2.75, 3.05) is 45.9 Å². The number of nitrogens with two attached hydrogens (primary N) is 1. The van der Waals surface area contributed by atoms with E-state index in [1.165, 1.54) is 12.8 Å². The summed E-state index contributed by atoms with van der Waals surface area (Å²) in [7, 11) is 0. The van der Waals surface area contributed by atoms with Gasteiger partial charge in [-0.05, 0) is 25.9 Å². The molecule has 0 bridgehead atoms. The summed E-state index contributed by atoms with van der Waals surface area (Å²) in [4.78, 5) is 16.3. The second-order valence-corrected chi connectivity index (χ2v) is 4.87. The van der Waals surface area contributed by atoms with E-state index in [4.69, 9.17) is 10.5 Å². The third-order valence-electron chi connectivity index (χ3n) is 3.59. The molecule has 2 aliphatic rings. The van der Waals surface area contributed by atoms with Gasteiger partial charge in [-0.3, -0.25) is 4.79 Å². The largest absolute Gasteiger partial charge is 0.373 e. The number of likely N-dealkylation sites (tertiary alicyclic amines) is 1. The number of hydrogen-bond acceptors (Lipinski definition) is 4. The molecule has 2 N–H and O–H groups in total. The lowest BCUT2D eigenvalue weighted by atomic mass is 10.2. The quantitative estimate of drug-likeness (QED) is 0.731. The fourth-order valence-electron chi connectivity index (χ4n) is 2.51. The molecule has 0 aromatic carbocycles. The smallest absolute Gasteiger partial charge is 0.224 e. The lowest BCUT2D eigenvalue weighted by Crippen LogP contribution is -2.48. The van der Waals surface area contributed by atoms with Crippen LogP contribution in [0.1, 0.15) is 19.3 Å². The molecular formula is C12H23N3O2. The normalized spacial score (nSPS) is 26.4. The van der Waals surface area contributed by atoms with Crippen LogP contribution in [0.5, 0.6) is 0 Å². The van der Waals surface area contributed by atoms with Crippen molar-refractivity contribution < 1.29 is 9.53 Å². The van der Waals surface area contributed by atoms with Gasteiger partial charge in [0.1, 0.15) is 0 Å². The third-order valence-corrected chi connectivity index (χ3v) is 3.59. The summed E-state index contributed by atoms with van der Waals surface area (Å²) in [5, 5.41) is 0. The van der Waals surface area contributed by atoms with Crippen molar-refractivity contribution >= 4 is 5.91 Å². The molecule has 17 heavy (non-hydrogen) atoms. The van der Waals surface area contributed by atoms with Crippen LogP contribution >= 0.6 is 0 Å². The van der Waals surface area contributed by atoms with Gasteiger partial charge in [0, 0.05) is 32.6 Å². The minimum absolute atomic E-state index is 0.0273. The first-order chi connectivity index (χ1) is 8.29. The Labute approximate surface area is 103 Å². The molecule has 1 unspecified atom stereocenters. The Balaban J connectivity index is 1.71. The standard InChI is InChI=1S/C12H23N3O2/c13-9-11-10-15(7-8-17-11)12(16)3-6-14-4-1-2-5-14/h11H,1-10,13H2. The molecule has 98 valence electrons. The SMILES string of the molecule is NCC1CN(C(=O)CCN2CCCC2)CCO1. The third kappa shape index (κ3) is 3.66. The molecule has 0 aromatic heterocycles. The monoisotopic (exact) mass is 241 g/mol. The Hall–Kier alpha value is -0.650. The second-order valence-electron chi connectivity index (χ2n) is 4.87. The van der Waals surface area contributed by atoms with E-state index in [2.05, 4.69) is 4.90 Å². The molecule has 0 saturated carbocycles. The van der Waals surface area contributed by atoms with Crippen molar-refractivity contribution in [1.29, 1.82) is 0 Å². The summed E-state index contributed by atoms with van der Waals surface area (Å²) in [5.74, 6) is 0.249. The maximum atomic E-state index is 12.0. The Morgan fingerprint density at radius 1 is 1.29 bits per heavy atom. The van der Waals surface area contributed by atoms with Crippen molar-refractivity contribution in [3.8, 4) is 0 Å². The molecule has 2 aliphatic heterocycles. The van der Waals surface area contributed by atoms with Crippen LogP contribution in [0.3, 0.4) is 0 Å². The van der Waals surface area contributed by atoms with Crippen LogP contribution in [-0.2, 0) is 9.53 Å². The van der Waals surface area contributed by atoms with E-state index in [-0.39, 0.29) is 12.0 Å². The first kappa shape index (κ1) is 12.8. The Morgan fingerprint density at radius 2 is 2.06 bits per heavy atom. The molecule has 0 spiro atoms. The van der Waals surface area contributed by atoms with Crippen molar-refractivity contribution in [3.05, 3.63) is 0 Å². The van der Waals surface area contributed by atoms with Gasteiger partial charge in [-0.2, -0.15) is 0 Å². The molecule has 2 rings (SSSR count). The van der Waals surface area contributed by atoms with E-state index < -0.39 is 0 Å². The fraction of sp³-hybridized carbons (Fsp3) is 0.917. The molecule has 2 saturated heterocycles. The summed E-state index contributed by atoms with van der Waals surface area (Å²) in [6.07, 6.45) is 3.22. The Morgan fingerprint density at radius 3 is 2.76 bits per heavy atom. The molecule has 0 aromatic rings. The summed E-state index contributed by atoms with van der Waals surface area (Å²) in [6, 6.07) is 0. The molecule has 1 atom stereocenters. The zero-order valence-electron chi connectivity index (χ0n) is 10.4. The second kappa shape index (κ2) is 6.33. The van der Waals surface area contributed by atoms with Gasteiger partial charge < -0.3 is 20.3 Å². The minimum Gasteiger partial charge on any atom is -0.373 e. The topological polar surface area (TPSA) is 58.8 Å². The van der Waals surface area contributed by atoms with Crippen LogP contribution < -0.4 is 5.73 Å². The summed E-state index contributed by atoms with van der Waals surface area (Å²) in [6.45, 7) is 5.71. The maximum Gasteiger partial charge on any atom is 0.224 e. The van der Waals surface area contributed by atoms with Gasteiger partial charge in [-0.15, -0.1) is 0 Å². The molecule has 1 amide bonds. The number of hydrogen-bond donors (Lipinski definition) is 1. The van der Waals surface area contributed by atoms with Crippen molar-refractivity contribution in [1.82, 2.24) is 9.80 Å². The zero-order chi connectivity index (χ0) is 12.1. The Kier molecular flexibility index (Phi) is 4.76. The predicted molar refractivity (Wildman–Crippen MR) is 65.7 cm³/mol. The highest BCUT2D eigenvalue weighted by Crippen LogP contribution is 2.10. The molecular weight excluding hydrogens is 218 g/mol. The first-order valence-electron chi connectivity index (χ1n) is 6.61. The van der Waals surface area contributed by atoms with Crippen LogP contribution in [0, 0.1) is 0 Å². The highest BCUT2D eigenvalue weighted by Gasteiger charge is 2.23. The maximum absolute atomic E-state index is 12.0. The lowest BCUT2D eigenvalue weighted by molar-refractivity contribution is -0.138. The van der Waals surface area contributed by atoms with Crippen LogP contribution in [-0.4, -0.2) is 67.7 Å². The van der Waals surface area contributed by atoms with E-state index in [1.807, 2.05) is 4.90 Å². The van der Waals surface area contributed by atoms with Gasteiger partial charge in [0.05, 0.1) is 12.7 Å². The minimum atomic E-state index is 0.0273. The molecule has 0 radical (unpaired) electrons. The number of carbonyl (C=O) groups excluding carboxylic acids is 1. The van der Waals surface area contributed by atoms with E-state index in [0.717, 1.165) is 26.2 Å². The predicted octanol–water partition coefficient (Wildman–Crippen LogP) is -0.342. The van der Waals surface area contributed by atoms with Gasteiger partial charge >= 0.3 is 0 Å². The number of amides is 1. The summed E-state index contributed by atoms with van der Waals surface area (Å²) in [5.41, 5.74) is 5.57. The van der Waals surface area contributed by atoms with E-state index in [1.54, 1.807) is 0 Å². The Bertz CT molecular complexity index is 254. The molecule has 0 aliphatic carbocycles. The zero-order valence-corrected chi connectivity index (χ0v) is 10.4. The van der Waals surface area contributed by atoms with Crippen LogP contribution in [0.4, 0.5) is 0 Å². The number of rotatable bonds is 4. The van der Waals surface area contributed by atoms with E-state index >= 15 is 0 Å². The molecule has 2 fully saturated rings. The number of ether oxygens (including phenoxy) is 1. The molecule has 5 nitrogen and oxygen atoms in total. The summed E-state index contributed by atoms with van der Waals surface area (Å²) >= 11 is 0. The van der Waals surface area contributed by atoms with E-state index in [9.17, 15) is 4.79 Å². The highest BCUT2D eigenvalue weighted by atomic mass is 16.5. The number of morpholine rings is 1. The van der Waals surface area contributed by atoms with Crippen LogP contribution in [0.2, 0.25) is 0 Å². The highest BCUT2D eigenvalue weighted by molar-refractivity contribution is 5.76. The van der Waals surface area contributed by atoms with Crippen molar-refractivity contribution in [3.63, 3.8) is 0 Å². The van der Waals surface area contributed by atoms with Crippen molar-refractivity contribution in [2.24, 2.45) is 5.73 Å². The van der Waals surface area contributed by atoms with Gasteiger partial charge in [-0.25, -0.2) is 0 Å². The molecule has 2 heterocycles. The fourth-order valence-corrected chi connectivity index (χ4v) is 2.51. The first-order valence-corrected chi connectivity index (χ1v) is 6.61. The van der Waals surface area contributed by atoms with E-state index in [0.29, 0.717) is 26.1 Å². The summed E-state index contributed by atoms with van der Waals surface area (Å²) < 4.78 is 5.46. The van der Waals surface area contributed by atoms with Crippen molar-refractivity contribution in [2.45, 2.75) is 25.4 Å². The van der Waals surface area contributed by atoms with Gasteiger partial charge in [-0.1, -0.05) is 0 Å². The van der Waals surface area contributed by atoms with Crippen LogP contribution in [0.25, 0.3) is 0 Å². The van der Waals surface area contributed by atoms with Crippen LogP contribution in [0.15, 0.2) is 0 Å². The average Bonchev–Trinajstić information content (AvgIpc) is 2.89. The van der Waals surface area contributed by atoms with Gasteiger partial charge in [0.25, 0.3) is 0 Å². The van der Waals surface area contributed by atoms with Gasteiger partial charge in [0.2, 0.25) is 5.91 Å². The number of nitrogens with zero attached hydrogens (tertiary/aromatic N) is 2. The van der Waals surface area contributed by atoms with Gasteiger partial charge in [0.15, 0.2) is 0 Å². The lowest BCUT2D eigenvalue weighted by Gasteiger charge is -2.32. The molecule has 5 heteroatoms. The number of carbonyl (C=O) groups is 1.